The molecule has 3 rings (SSSR count). The molecule has 0 saturated carbocycles. The van der Waals surface area contributed by atoms with E-state index in [9.17, 15) is 0 Å². The van der Waals surface area contributed by atoms with Gasteiger partial charge in [0, 0.05) is 13.5 Å². The molecule has 20 heavy (non-hydrogen) atoms. The topological polar surface area (TPSA) is 21.6 Å². The van der Waals surface area contributed by atoms with Gasteiger partial charge in [0.1, 0.15) is 0 Å². The Kier molecular flexibility index (Phi) is 4.61. The van der Waals surface area contributed by atoms with E-state index in [1.54, 1.807) is 7.05 Å². The first-order valence-corrected chi connectivity index (χ1v) is 6.59. The Balaban J connectivity index is 0.00000147. The van der Waals surface area contributed by atoms with Crippen LogP contribution in [0.1, 0.15) is 17.5 Å². The van der Waals surface area contributed by atoms with Crippen molar-refractivity contribution in [3.05, 3.63) is 71.8 Å². The molecule has 1 aliphatic rings. The average Bonchev–Trinajstić information content (AvgIpc) is 2.94. The molecule has 0 amide bonds. The number of halogens is 1. The monoisotopic (exact) mass is 331 g/mol. The summed E-state index contributed by atoms with van der Waals surface area (Å²) in [6.07, 6.45) is 0.938. The van der Waals surface area contributed by atoms with Crippen LogP contribution in [0.4, 0.5) is 0 Å². The third-order valence-electron chi connectivity index (χ3n) is 3.82. The number of nitrogens with zero attached hydrogens (tertiary/aromatic N) is 1. The van der Waals surface area contributed by atoms with Crippen LogP contribution in [-0.2, 0) is 10.2 Å². The maximum Gasteiger partial charge on any atom is 0.198 e. The van der Waals surface area contributed by atoms with Crippen molar-refractivity contribution in [1.82, 2.24) is 0 Å². The van der Waals surface area contributed by atoms with Gasteiger partial charge in [-0.1, -0.05) is 60.7 Å². The van der Waals surface area contributed by atoms with Crippen molar-refractivity contribution in [1.29, 1.82) is 0 Å². The molecule has 3 heteroatoms. The number of aliphatic imine (C=N–C) groups is 1. The number of hydrogen-bond acceptors (Lipinski definition) is 2. The Labute approximate surface area is 130 Å². The van der Waals surface area contributed by atoms with Crippen molar-refractivity contribution in [2.24, 2.45) is 4.99 Å². The van der Waals surface area contributed by atoms with Crippen LogP contribution in [0.2, 0.25) is 0 Å². The Morgan fingerprint density at radius 2 is 1.40 bits per heavy atom. The third-order valence-corrected chi connectivity index (χ3v) is 3.82. The molecule has 0 bridgehead atoms. The molecule has 2 aromatic rings. The van der Waals surface area contributed by atoms with Gasteiger partial charge in [-0.15, -0.1) is 17.0 Å². The zero-order chi connectivity index (χ0) is 13.1. The zero-order valence-electron chi connectivity index (χ0n) is 11.5. The predicted octanol–water partition coefficient (Wildman–Crippen LogP) is 4.00. The molecule has 1 saturated heterocycles. The van der Waals surface area contributed by atoms with Crippen LogP contribution in [0, 0.1) is 0 Å². The summed E-state index contributed by atoms with van der Waals surface area (Å²) in [5.74, 6) is 0.824. The molecule has 2 nitrogen and oxygen atoms in total. The Morgan fingerprint density at radius 3 is 1.85 bits per heavy atom. The fourth-order valence-electron chi connectivity index (χ4n) is 2.93. The van der Waals surface area contributed by atoms with Gasteiger partial charge < -0.3 is 4.74 Å². The molecule has 1 aliphatic heterocycles. The van der Waals surface area contributed by atoms with Gasteiger partial charge in [0.05, 0.1) is 12.0 Å². The molecule has 0 spiro atoms. The molecule has 0 radical (unpaired) electrons. The lowest BCUT2D eigenvalue weighted by atomic mass is 9.73. The summed E-state index contributed by atoms with van der Waals surface area (Å²) < 4.78 is 5.78. The van der Waals surface area contributed by atoms with E-state index >= 15 is 0 Å². The largest absolute Gasteiger partial charge is 0.480 e. The quantitative estimate of drug-likeness (QED) is 0.815. The van der Waals surface area contributed by atoms with Crippen molar-refractivity contribution in [2.75, 3.05) is 13.7 Å². The van der Waals surface area contributed by atoms with Gasteiger partial charge in [0.2, 0.25) is 0 Å². The predicted molar refractivity (Wildman–Crippen MR) is 87.9 cm³/mol. The lowest BCUT2D eigenvalue weighted by Crippen LogP contribution is -2.33. The standard InChI is InChI=1S/C17H17NO.BrH/c1-18-16-17(12-13-19-16,14-8-4-2-5-9-14)15-10-6-3-7-11-15;/h2-11H,12-13H2,1H3;1H. The van der Waals surface area contributed by atoms with Crippen molar-refractivity contribution < 1.29 is 4.74 Å². The third kappa shape index (κ3) is 2.27. The lowest BCUT2D eigenvalue weighted by molar-refractivity contribution is 0.343. The van der Waals surface area contributed by atoms with E-state index in [4.69, 9.17) is 4.74 Å². The molecule has 0 aliphatic carbocycles. The summed E-state index contributed by atoms with van der Waals surface area (Å²) in [5.41, 5.74) is 2.27. The maximum absolute atomic E-state index is 5.78. The van der Waals surface area contributed by atoms with Crippen LogP contribution in [0.5, 0.6) is 0 Å². The summed E-state index contributed by atoms with van der Waals surface area (Å²) in [7, 11) is 1.81. The Morgan fingerprint density at radius 1 is 0.900 bits per heavy atom. The Bertz CT molecular complexity index is 541. The first kappa shape index (κ1) is 14.8. The highest BCUT2D eigenvalue weighted by atomic mass is 79.9. The van der Waals surface area contributed by atoms with Gasteiger partial charge in [-0.25, -0.2) is 0 Å². The van der Waals surface area contributed by atoms with E-state index in [1.807, 2.05) is 12.1 Å². The molecular formula is C17H18BrNO. The number of hydrogen-bond donors (Lipinski definition) is 0. The highest BCUT2D eigenvalue weighted by molar-refractivity contribution is 8.93. The van der Waals surface area contributed by atoms with Gasteiger partial charge in [0.25, 0.3) is 0 Å². The minimum absolute atomic E-state index is 0. The van der Waals surface area contributed by atoms with E-state index in [0.29, 0.717) is 0 Å². The van der Waals surface area contributed by atoms with Crippen LogP contribution < -0.4 is 0 Å². The zero-order valence-corrected chi connectivity index (χ0v) is 13.2. The van der Waals surface area contributed by atoms with Crippen LogP contribution in [-0.4, -0.2) is 19.6 Å². The summed E-state index contributed by atoms with van der Waals surface area (Å²) in [5, 5.41) is 0. The van der Waals surface area contributed by atoms with Crippen LogP contribution in [0.15, 0.2) is 65.7 Å². The van der Waals surface area contributed by atoms with E-state index in [-0.39, 0.29) is 22.4 Å². The summed E-state index contributed by atoms with van der Waals surface area (Å²) in [6.45, 7) is 0.719. The highest BCUT2D eigenvalue weighted by Crippen LogP contribution is 2.41. The molecule has 2 aromatic carbocycles. The molecule has 0 N–H and O–H groups in total. The molecule has 0 atom stereocenters. The van der Waals surface area contributed by atoms with Gasteiger partial charge in [-0.05, 0) is 11.1 Å². The maximum atomic E-state index is 5.78. The SMILES string of the molecule is Br.CN=C1OCCC1(c1ccccc1)c1ccccc1. The second kappa shape index (κ2) is 6.23. The van der Waals surface area contributed by atoms with Gasteiger partial charge in [-0.3, -0.25) is 4.99 Å². The van der Waals surface area contributed by atoms with Gasteiger partial charge in [-0.2, -0.15) is 0 Å². The Hall–Kier alpha value is -1.61. The summed E-state index contributed by atoms with van der Waals surface area (Å²) in [4.78, 5) is 4.39. The van der Waals surface area contributed by atoms with E-state index in [0.717, 1.165) is 18.9 Å². The van der Waals surface area contributed by atoms with E-state index < -0.39 is 0 Å². The van der Waals surface area contributed by atoms with Gasteiger partial charge >= 0.3 is 0 Å². The number of ether oxygens (including phenoxy) is 1. The molecule has 104 valence electrons. The van der Waals surface area contributed by atoms with Crippen molar-refractivity contribution in [3.8, 4) is 0 Å². The normalized spacial score (nSPS) is 18.4. The molecular weight excluding hydrogens is 314 g/mol. The number of rotatable bonds is 2. The highest BCUT2D eigenvalue weighted by Gasteiger charge is 2.45. The molecule has 0 aromatic heterocycles. The fourth-order valence-corrected chi connectivity index (χ4v) is 2.93. The van der Waals surface area contributed by atoms with Crippen molar-refractivity contribution in [3.63, 3.8) is 0 Å². The lowest BCUT2D eigenvalue weighted by Gasteiger charge is -2.28. The minimum atomic E-state index is -0.225. The van der Waals surface area contributed by atoms with Gasteiger partial charge in [0.15, 0.2) is 5.90 Å². The second-order valence-electron chi connectivity index (χ2n) is 4.76. The second-order valence-corrected chi connectivity index (χ2v) is 4.76. The van der Waals surface area contributed by atoms with Crippen LogP contribution >= 0.6 is 17.0 Å². The fraction of sp³-hybridized carbons (Fsp3) is 0.235. The average molecular weight is 332 g/mol. The number of benzene rings is 2. The molecule has 1 heterocycles. The van der Waals surface area contributed by atoms with Crippen molar-refractivity contribution >= 4 is 22.9 Å². The first-order valence-electron chi connectivity index (χ1n) is 6.59. The first-order chi connectivity index (χ1) is 9.38. The van der Waals surface area contributed by atoms with Crippen LogP contribution in [0.3, 0.4) is 0 Å². The molecule has 0 unspecified atom stereocenters. The van der Waals surface area contributed by atoms with Crippen LogP contribution in [0.25, 0.3) is 0 Å². The molecule has 1 fully saturated rings. The van der Waals surface area contributed by atoms with Crippen molar-refractivity contribution in [2.45, 2.75) is 11.8 Å². The van der Waals surface area contributed by atoms with E-state index in [2.05, 4.69) is 53.5 Å². The smallest absolute Gasteiger partial charge is 0.198 e. The summed E-state index contributed by atoms with van der Waals surface area (Å²) in [6, 6.07) is 21.0. The minimum Gasteiger partial charge on any atom is -0.480 e. The van der Waals surface area contributed by atoms with E-state index in [1.165, 1.54) is 11.1 Å². The summed E-state index contributed by atoms with van der Waals surface area (Å²) >= 11 is 0.